The topological polar surface area (TPSA) is 79.0 Å². The molecule has 1 N–H and O–H groups in total. The highest BCUT2D eigenvalue weighted by Gasteiger charge is 2.50. The Labute approximate surface area is 149 Å². The van der Waals surface area contributed by atoms with Crippen molar-refractivity contribution in [2.45, 2.75) is 51.5 Å². The van der Waals surface area contributed by atoms with Gasteiger partial charge in [0.15, 0.2) is 0 Å². The molecule has 3 fully saturated rings. The van der Waals surface area contributed by atoms with Gasteiger partial charge in [0.2, 0.25) is 11.8 Å². The first kappa shape index (κ1) is 18.0. The Hall–Kier alpha value is -1.79. The zero-order valence-corrected chi connectivity index (χ0v) is 15.0. The molecule has 25 heavy (non-hydrogen) atoms. The van der Waals surface area contributed by atoms with Gasteiger partial charge >= 0.3 is 6.09 Å². The van der Waals surface area contributed by atoms with E-state index in [4.69, 9.17) is 4.74 Å². The van der Waals surface area contributed by atoms with Gasteiger partial charge in [0.05, 0.1) is 18.4 Å². The highest BCUT2D eigenvalue weighted by molar-refractivity contribution is 5.92. The zero-order valence-electron chi connectivity index (χ0n) is 15.0. The molecule has 2 unspecified atom stereocenters. The van der Waals surface area contributed by atoms with Crippen LogP contribution in [0.1, 0.15) is 45.4 Å². The van der Waals surface area contributed by atoms with Crippen LogP contribution in [-0.4, -0.2) is 66.5 Å². The summed E-state index contributed by atoms with van der Waals surface area (Å²) in [6.07, 6.45) is 6.10. The molecule has 7 heteroatoms. The van der Waals surface area contributed by atoms with Crippen LogP contribution in [0.15, 0.2) is 0 Å². The Kier molecular flexibility index (Phi) is 5.81. The Morgan fingerprint density at radius 1 is 0.960 bits per heavy atom. The summed E-state index contributed by atoms with van der Waals surface area (Å²) in [6.45, 7) is 4.17. The first-order chi connectivity index (χ1) is 12.1. The van der Waals surface area contributed by atoms with E-state index in [-0.39, 0.29) is 29.7 Å². The van der Waals surface area contributed by atoms with E-state index in [2.05, 4.69) is 5.32 Å². The second kappa shape index (κ2) is 8.06. The van der Waals surface area contributed by atoms with Gasteiger partial charge in [-0.1, -0.05) is 19.3 Å². The van der Waals surface area contributed by atoms with E-state index in [9.17, 15) is 14.4 Å². The molecule has 0 aromatic rings. The fourth-order valence-electron chi connectivity index (χ4n) is 3.87. The van der Waals surface area contributed by atoms with Gasteiger partial charge in [0, 0.05) is 32.2 Å². The van der Waals surface area contributed by atoms with Crippen molar-refractivity contribution >= 4 is 17.9 Å². The van der Waals surface area contributed by atoms with Gasteiger partial charge in [-0.25, -0.2) is 4.79 Å². The molecular formula is C18H29N3O4. The Bertz CT molecular complexity index is 510. The molecule has 3 rings (SSSR count). The molecule has 3 amide bonds. The van der Waals surface area contributed by atoms with Crippen LogP contribution in [0.4, 0.5) is 4.79 Å². The van der Waals surface area contributed by atoms with E-state index in [1.807, 2.05) is 0 Å². The van der Waals surface area contributed by atoms with E-state index >= 15 is 0 Å². The van der Waals surface area contributed by atoms with Crippen molar-refractivity contribution in [3.8, 4) is 0 Å². The maximum Gasteiger partial charge on any atom is 0.409 e. The van der Waals surface area contributed by atoms with E-state index in [0.29, 0.717) is 45.2 Å². The van der Waals surface area contributed by atoms with Gasteiger partial charge in [-0.3, -0.25) is 9.59 Å². The van der Waals surface area contributed by atoms with Gasteiger partial charge in [-0.2, -0.15) is 0 Å². The molecule has 1 saturated heterocycles. The number of nitrogens with zero attached hydrogens (tertiary/aromatic N) is 2. The first-order valence-corrected chi connectivity index (χ1v) is 9.61. The number of carbonyl (C=O) groups excluding carboxylic acids is 3. The largest absolute Gasteiger partial charge is 0.450 e. The predicted octanol–water partition coefficient (Wildman–Crippen LogP) is 1.37. The number of ether oxygens (including phenoxy) is 1. The van der Waals surface area contributed by atoms with Crippen LogP contribution in [0.2, 0.25) is 0 Å². The molecular weight excluding hydrogens is 322 g/mol. The van der Waals surface area contributed by atoms with Crippen LogP contribution in [0.5, 0.6) is 0 Å². The highest BCUT2D eigenvalue weighted by Crippen LogP contribution is 2.40. The van der Waals surface area contributed by atoms with E-state index in [0.717, 1.165) is 12.8 Å². The van der Waals surface area contributed by atoms with Crippen LogP contribution < -0.4 is 5.32 Å². The summed E-state index contributed by atoms with van der Waals surface area (Å²) in [5, 5.41) is 3.13. The summed E-state index contributed by atoms with van der Waals surface area (Å²) in [6, 6.07) is 0.297. The summed E-state index contributed by atoms with van der Waals surface area (Å²) in [7, 11) is 0. The third kappa shape index (κ3) is 4.44. The number of carbonyl (C=O) groups is 3. The number of amides is 3. The van der Waals surface area contributed by atoms with Crippen LogP contribution in [-0.2, 0) is 14.3 Å². The van der Waals surface area contributed by atoms with Crippen molar-refractivity contribution in [2.24, 2.45) is 11.8 Å². The quantitative estimate of drug-likeness (QED) is 0.830. The SMILES string of the molecule is CCOC(=O)N1CCN(C(=O)C2CC2C(=O)NC2CCCCC2)CC1. The number of rotatable bonds is 4. The van der Waals surface area contributed by atoms with Crippen molar-refractivity contribution in [2.75, 3.05) is 32.8 Å². The third-order valence-electron chi connectivity index (χ3n) is 5.51. The fraction of sp³-hybridized carbons (Fsp3) is 0.833. The smallest absolute Gasteiger partial charge is 0.409 e. The van der Waals surface area contributed by atoms with E-state index < -0.39 is 0 Å². The number of piperazine rings is 1. The maximum atomic E-state index is 12.6. The fourth-order valence-corrected chi connectivity index (χ4v) is 3.87. The van der Waals surface area contributed by atoms with Crippen LogP contribution >= 0.6 is 0 Å². The number of nitrogens with one attached hydrogen (secondary N) is 1. The van der Waals surface area contributed by atoms with Gasteiger partial charge in [0.1, 0.15) is 0 Å². The first-order valence-electron chi connectivity index (χ1n) is 9.61. The van der Waals surface area contributed by atoms with Crippen LogP contribution in [0.3, 0.4) is 0 Å². The third-order valence-corrected chi connectivity index (χ3v) is 5.51. The minimum atomic E-state index is -0.314. The maximum absolute atomic E-state index is 12.6. The lowest BCUT2D eigenvalue weighted by atomic mass is 9.95. The molecule has 3 aliphatic rings. The molecule has 2 atom stereocenters. The minimum Gasteiger partial charge on any atom is -0.450 e. The molecule has 0 aromatic heterocycles. The minimum absolute atomic E-state index is 0.0513. The second-order valence-electron chi connectivity index (χ2n) is 7.30. The summed E-state index contributed by atoms with van der Waals surface area (Å²) in [4.78, 5) is 40.0. The van der Waals surface area contributed by atoms with Crippen molar-refractivity contribution in [1.82, 2.24) is 15.1 Å². The van der Waals surface area contributed by atoms with Gasteiger partial charge in [-0.05, 0) is 26.2 Å². The van der Waals surface area contributed by atoms with Crippen LogP contribution in [0.25, 0.3) is 0 Å². The lowest BCUT2D eigenvalue weighted by Crippen LogP contribution is -2.51. The standard InChI is InChI=1S/C18H29N3O4/c1-2-25-18(24)21-10-8-20(9-11-21)17(23)15-12-14(15)16(22)19-13-6-4-3-5-7-13/h13-15H,2-12H2,1H3,(H,19,22). The van der Waals surface area contributed by atoms with Crippen molar-refractivity contribution in [3.63, 3.8) is 0 Å². The summed E-state index contributed by atoms with van der Waals surface area (Å²) >= 11 is 0. The molecule has 0 spiro atoms. The van der Waals surface area contributed by atoms with E-state index in [1.54, 1.807) is 16.7 Å². The molecule has 1 heterocycles. The molecule has 140 valence electrons. The summed E-state index contributed by atoms with van der Waals surface area (Å²) < 4.78 is 4.99. The molecule has 2 saturated carbocycles. The lowest BCUT2D eigenvalue weighted by Gasteiger charge is -2.34. The zero-order chi connectivity index (χ0) is 17.8. The average molecular weight is 351 g/mol. The lowest BCUT2D eigenvalue weighted by molar-refractivity contribution is -0.136. The van der Waals surface area contributed by atoms with Crippen LogP contribution in [0, 0.1) is 11.8 Å². The molecule has 1 aliphatic heterocycles. The van der Waals surface area contributed by atoms with Crippen molar-refractivity contribution in [1.29, 1.82) is 0 Å². The van der Waals surface area contributed by atoms with Gasteiger partial charge in [0.25, 0.3) is 0 Å². The average Bonchev–Trinajstić information content (AvgIpc) is 3.43. The summed E-state index contributed by atoms with van der Waals surface area (Å²) in [5.74, 6) is -0.210. The molecule has 0 radical (unpaired) electrons. The molecule has 0 aromatic carbocycles. The number of hydrogen-bond donors (Lipinski definition) is 1. The predicted molar refractivity (Wildman–Crippen MR) is 91.8 cm³/mol. The summed E-state index contributed by atoms with van der Waals surface area (Å²) in [5.41, 5.74) is 0. The van der Waals surface area contributed by atoms with Crippen molar-refractivity contribution < 1.29 is 19.1 Å². The normalized spacial score (nSPS) is 26.9. The Balaban J connectivity index is 1.41. The number of hydrogen-bond acceptors (Lipinski definition) is 4. The molecule has 2 aliphatic carbocycles. The second-order valence-corrected chi connectivity index (χ2v) is 7.30. The Morgan fingerprint density at radius 3 is 2.24 bits per heavy atom. The molecule has 0 bridgehead atoms. The van der Waals surface area contributed by atoms with E-state index in [1.165, 1.54) is 19.3 Å². The van der Waals surface area contributed by atoms with Crippen molar-refractivity contribution in [3.05, 3.63) is 0 Å². The van der Waals surface area contributed by atoms with Gasteiger partial charge < -0.3 is 19.9 Å². The monoisotopic (exact) mass is 351 g/mol. The Morgan fingerprint density at radius 2 is 1.60 bits per heavy atom. The highest BCUT2D eigenvalue weighted by atomic mass is 16.6. The van der Waals surface area contributed by atoms with Gasteiger partial charge in [-0.15, -0.1) is 0 Å². The molecule has 7 nitrogen and oxygen atoms in total.